The summed E-state index contributed by atoms with van der Waals surface area (Å²) in [5, 5.41) is 0. The molecule has 0 spiro atoms. The molecule has 19 heavy (non-hydrogen) atoms. The zero-order chi connectivity index (χ0) is 14.4. The van der Waals surface area contributed by atoms with Crippen LogP contribution in [0.4, 0.5) is 0 Å². The van der Waals surface area contributed by atoms with Crippen LogP contribution in [0.3, 0.4) is 0 Å². The Morgan fingerprint density at radius 1 is 1.11 bits per heavy atom. The van der Waals surface area contributed by atoms with E-state index in [4.69, 9.17) is 10.6 Å². The maximum atomic E-state index is 5.87. The van der Waals surface area contributed by atoms with E-state index in [9.17, 15) is 0 Å². The number of nitrogens with one attached hydrogen (secondary N) is 1. The molecule has 0 saturated heterocycles. The first-order chi connectivity index (χ1) is 9.04. The molecule has 2 unspecified atom stereocenters. The summed E-state index contributed by atoms with van der Waals surface area (Å²) in [6.07, 6.45) is 2.22. The first kappa shape index (κ1) is 16.2. The quantitative estimate of drug-likeness (QED) is 0.586. The Kier molecular flexibility index (Phi) is 6.49. The van der Waals surface area contributed by atoms with E-state index in [-0.39, 0.29) is 12.1 Å². The number of nitrogens with two attached hydrogens (primary N) is 1. The summed E-state index contributed by atoms with van der Waals surface area (Å²) in [4.78, 5) is 0. The molecule has 0 heterocycles. The van der Waals surface area contributed by atoms with Gasteiger partial charge in [0, 0.05) is 6.61 Å². The van der Waals surface area contributed by atoms with Gasteiger partial charge < -0.3 is 4.74 Å². The van der Waals surface area contributed by atoms with Crippen molar-refractivity contribution in [1.29, 1.82) is 0 Å². The molecule has 0 amide bonds. The maximum Gasteiger partial charge on any atom is 0.0782 e. The van der Waals surface area contributed by atoms with E-state index in [2.05, 4.69) is 45.3 Å². The molecule has 1 aromatic carbocycles. The fourth-order valence-electron chi connectivity index (χ4n) is 2.56. The van der Waals surface area contributed by atoms with Gasteiger partial charge >= 0.3 is 0 Å². The molecule has 1 aromatic rings. The van der Waals surface area contributed by atoms with E-state index < -0.39 is 0 Å². The Morgan fingerprint density at radius 3 is 2.26 bits per heavy atom. The van der Waals surface area contributed by atoms with Crippen molar-refractivity contribution in [1.82, 2.24) is 5.43 Å². The lowest BCUT2D eigenvalue weighted by Crippen LogP contribution is -2.38. The molecule has 3 nitrogen and oxygen atoms in total. The molecule has 0 saturated carbocycles. The lowest BCUT2D eigenvalue weighted by Gasteiger charge is -2.28. The van der Waals surface area contributed by atoms with E-state index in [0.29, 0.717) is 6.61 Å². The number of benzene rings is 1. The molecule has 0 aromatic heterocycles. The minimum atomic E-state index is 0.0548. The number of ether oxygens (including phenoxy) is 1. The van der Waals surface area contributed by atoms with Gasteiger partial charge in [0.15, 0.2) is 0 Å². The Hall–Kier alpha value is -0.900. The summed E-state index contributed by atoms with van der Waals surface area (Å²) < 4.78 is 5.87. The fourth-order valence-corrected chi connectivity index (χ4v) is 2.56. The molecule has 0 radical (unpaired) electrons. The SMILES string of the molecule is CCCC(OCC)C(NN)c1cc(C)c(C)cc1C. The minimum absolute atomic E-state index is 0.0548. The molecule has 0 aliphatic rings. The number of hydrazine groups is 1. The topological polar surface area (TPSA) is 47.3 Å². The Bertz CT molecular complexity index is 398. The van der Waals surface area contributed by atoms with Gasteiger partial charge in [-0.05, 0) is 56.4 Å². The second kappa shape index (κ2) is 7.63. The van der Waals surface area contributed by atoms with Crippen molar-refractivity contribution >= 4 is 0 Å². The Morgan fingerprint density at radius 2 is 1.74 bits per heavy atom. The number of aryl methyl sites for hydroxylation is 3. The average Bonchev–Trinajstić information content (AvgIpc) is 2.37. The van der Waals surface area contributed by atoms with Gasteiger partial charge in [0.2, 0.25) is 0 Å². The van der Waals surface area contributed by atoms with Crippen LogP contribution >= 0.6 is 0 Å². The Labute approximate surface area is 117 Å². The van der Waals surface area contributed by atoms with Crippen molar-refractivity contribution in [2.45, 2.75) is 59.6 Å². The lowest BCUT2D eigenvalue weighted by molar-refractivity contribution is 0.0274. The highest BCUT2D eigenvalue weighted by molar-refractivity contribution is 5.38. The molecule has 0 bridgehead atoms. The van der Waals surface area contributed by atoms with Crippen LogP contribution in [0, 0.1) is 20.8 Å². The summed E-state index contributed by atoms with van der Waals surface area (Å²) in [6.45, 7) is 11.3. The lowest BCUT2D eigenvalue weighted by atomic mass is 9.91. The summed E-state index contributed by atoms with van der Waals surface area (Å²) >= 11 is 0. The van der Waals surface area contributed by atoms with E-state index in [1.807, 2.05) is 6.92 Å². The molecular weight excluding hydrogens is 236 g/mol. The third kappa shape index (κ3) is 4.03. The van der Waals surface area contributed by atoms with Crippen LogP contribution in [-0.4, -0.2) is 12.7 Å². The van der Waals surface area contributed by atoms with Gasteiger partial charge in [0.05, 0.1) is 12.1 Å². The van der Waals surface area contributed by atoms with Crippen molar-refractivity contribution in [2.24, 2.45) is 5.84 Å². The van der Waals surface area contributed by atoms with E-state index >= 15 is 0 Å². The zero-order valence-corrected chi connectivity index (χ0v) is 12.9. The normalized spacial score (nSPS) is 14.4. The van der Waals surface area contributed by atoms with Crippen molar-refractivity contribution in [3.8, 4) is 0 Å². The summed E-state index contributed by atoms with van der Waals surface area (Å²) in [7, 11) is 0. The third-order valence-corrected chi connectivity index (χ3v) is 3.72. The van der Waals surface area contributed by atoms with Gasteiger partial charge in [-0.15, -0.1) is 0 Å². The number of rotatable bonds is 7. The predicted molar refractivity (Wildman–Crippen MR) is 81.0 cm³/mol. The third-order valence-electron chi connectivity index (χ3n) is 3.72. The van der Waals surface area contributed by atoms with Crippen LogP contribution in [0.5, 0.6) is 0 Å². The second-order valence-electron chi connectivity index (χ2n) is 5.22. The summed E-state index contributed by atoms with van der Waals surface area (Å²) in [6, 6.07) is 4.51. The number of hydrogen-bond acceptors (Lipinski definition) is 3. The molecule has 0 aliphatic carbocycles. The molecule has 3 N–H and O–H groups in total. The monoisotopic (exact) mass is 264 g/mol. The molecule has 2 atom stereocenters. The first-order valence-corrected chi connectivity index (χ1v) is 7.20. The van der Waals surface area contributed by atoms with Gasteiger partial charge in [0.25, 0.3) is 0 Å². The Balaban J connectivity index is 3.10. The molecule has 0 fully saturated rings. The van der Waals surface area contributed by atoms with Gasteiger partial charge in [-0.3, -0.25) is 11.3 Å². The smallest absolute Gasteiger partial charge is 0.0782 e. The van der Waals surface area contributed by atoms with Gasteiger partial charge in [-0.25, -0.2) is 0 Å². The maximum absolute atomic E-state index is 5.87. The number of hydrogen-bond donors (Lipinski definition) is 2. The standard InChI is InChI=1S/C16H28N2O/c1-6-8-15(19-7-2)16(18-17)14-10-12(4)11(3)9-13(14)5/h9-10,15-16,18H,6-8,17H2,1-5H3. The highest BCUT2D eigenvalue weighted by Gasteiger charge is 2.23. The molecule has 1 rings (SSSR count). The fraction of sp³-hybridized carbons (Fsp3) is 0.625. The van der Waals surface area contributed by atoms with E-state index in [1.165, 1.54) is 22.3 Å². The first-order valence-electron chi connectivity index (χ1n) is 7.20. The van der Waals surface area contributed by atoms with Crippen LogP contribution < -0.4 is 11.3 Å². The highest BCUT2D eigenvalue weighted by atomic mass is 16.5. The van der Waals surface area contributed by atoms with Gasteiger partial charge in [-0.2, -0.15) is 0 Å². The van der Waals surface area contributed by atoms with Gasteiger partial charge in [0.1, 0.15) is 0 Å². The molecular formula is C16H28N2O. The van der Waals surface area contributed by atoms with E-state index in [1.54, 1.807) is 0 Å². The molecule has 3 heteroatoms. The molecule has 108 valence electrons. The van der Waals surface area contributed by atoms with Crippen LogP contribution in [0.15, 0.2) is 12.1 Å². The highest BCUT2D eigenvalue weighted by Crippen LogP contribution is 2.27. The van der Waals surface area contributed by atoms with Crippen molar-refractivity contribution in [3.63, 3.8) is 0 Å². The summed E-state index contributed by atoms with van der Waals surface area (Å²) in [5.41, 5.74) is 8.09. The van der Waals surface area contributed by atoms with Gasteiger partial charge in [-0.1, -0.05) is 25.5 Å². The van der Waals surface area contributed by atoms with E-state index in [0.717, 1.165) is 12.8 Å². The minimum Gasteiger partial charge on any atom is -0.376 e. The predicted octanol–water partition coefficient (Wildman–Crippen LogP) is 3.32. The van der Waals surface area contributed by atoms with Crippen LogP contribution in [0.25, 0.3) is 0 Å². The molecule has 0 aliphatic heterocycles. The van der Waals surface area contributed by atoms with Crippen molar-refractivity contribution in [3.05, 3.63) is 34.4 Å². The second-order valence-corrected chi connectivity index (χ2v) is 5.22. The zero-order valence-electron chi connectivity index (χ0n) is 12.9. The largest absolute Gasteiger partial charge is 0.376 e. The average molecular weight is 264 g/mol. The van der Waals surface area contributed by atoms with Crippen LogP contribution in [-0.2, 0) is 4.74 Å². The van der Waals surface area contributed by atoms with Crippen molar-refractivity contribution in [2.75, 3.05) is 6.61 Å². The summed E-state index contributed by atoms with van der Waals surface area (Å²) in [5.74, 6) is 5.79. The van der Waals surface area contributed by atoms with Crippen LogP contribution in [0.1, 0.15) is 55.0 Å². The van der Waals surface area contributed by atoms with Crippen molar-refractivity contribution < 1.29 is 4.74 Å². The van der Waals surface area contributed by atoms with Crippen LogP contribution in [0.2, 0.25) is 0 Å².